The van der Waals surface area contributed by atoms with Crippen molar-refractivity contribution in [2.75, 3.05) is 0 Å². The van der Waals surface area contributed by atoms with Gasteiger partial charge in [-0.1, -0.05) is 20.8 Å². The molecule has 1 N–H and O–H groups in total. The Balaban J connectivity index is 2.86. The molecule has 1 aromatic heterocycles. The standard InChI is InChI=1S/C10H14N2/c1-10(2,3)8-6-9(4-5-11)12-7-8/h6-7,12H,4H2,1-3H3. The van der Waals surface area contributed by atoms with E-state index in [1.165, 1.54) is 5.56 Å². The van der Waals surface area contributed by atoms with E-state index in [0.29, 0.717) is 6.42 Å². The molecule has 0 radical (unpaired) electrons. The molecular formula is C10H14N2. The van der Waals surface area contributed by atoms with Crippen LogP contribution in [0.3, 0.4) is 0 Å². The minimum absolute atomic E-state index is 0.171. The first-order valence-electron chi connectivity index (χ1n) is 4.09. The summed E-state index contributed by atoms with van der Waals surface area (Å²) in [5, 5.41) is 8.46. The second kappa shape index (κ2) is 3.02. The number of aromatic nitrogens is 1. The van der Waals surface area contributed by atoms with E-state index < -0.39 is 0 Å². The molecule has 0 atom stereocenters. The summed E-state index contributed by atoms with van der Waals surface area (Å²) in [6.45, 7) is 6.48. The summed E-state index contributed by atoms with van der Waals surface area (Å²) in [4.78, 5) is 3.09. The van der Waals surface area contributed by atoms with Crippen molar-refractivity contribution in [3.8, 4) is 6.07 Å². The molecule has 0 unspecified atom stereocenters. The van der Waals surface area contributed by atoms with E-state index in [2.05, 4.69) is 37.9 Å². The third-order valence-corrected chi connectivity index (χ3v) is 1.88. The summed E-state index contributed by atoms with van der Waals surface area (Å²) in [7, 11) is 0. The Morgan fingerprint density at radius 1 is 1.50 bits per heavy atom. The van der Waals surface area contributed by atoms with E-state index in [-0.39, 0.29) is 5.41 Å². The zero-order valence-corrected chi connectivity index (χ0v) is 7.81. The number of H-pyrrole nitrogens is 1. The van der Waals surface area contributed by atoms with E-state index in [1.54, 1.807) is 0 Å². The molecule has 0 aliphatic carbocycles. The van der Waals surface area contributed by atoms with Crippen molar-refractivity contribution in [3.05, 3.63) is 23.5 Å². The quantitative estimate of drug-likeness (QED) is 0.676. The molecule has 1 heterocycles. The van der Waals surface area contributed by atoms with Gasteiger partial charge in [0.15, 0.2) is 0 Å². The van der Waals surface area contributed by atoms with Crippen molar-refractivity contribution < 1.29 is 0 Å². The van der Waals surface area contributed by atoms with Gasteiger partial charge in [0.1, 0.15) is 0 Å². The largest absolute Gasteiger partial charge is 0.364 e. The number of aromatic amines is 1. The zero-order chi connectivity index (χ0) is 9.19. The lowest BCUT2D eigenvalue weighted by Gasteiger charge is -2.15. The SMILES string of the molecule is CC(C)(C)c1c[nH]c(CC#N)c1. The summed E-state index contributed by atoms with van der Waals surface area (Å²) in [5.74, 6) is 0. The van der Waals surface area contributed by atoms with E-state index in [4.69, 9.17) is 5.26 Å². The van der Waals surface area contributed by atoms with Crippen molar-refractivity contribution in [2.24, 2.45) is 0 Å². The van der Waals surface area contributed by atoms with Crippen LogP contribution in [0, 0.1) is 11.3 Å². The molecule has 0 fully saturated rings. The van der Waals surface area contributed by atoms with Crippen LogP contribution in [0.1, 0.15) is 32.0 Å². The average Bonchev–Trinajstić information content (AvgIpc) is 2.35. The third kappa shape index (κ3) is 1.88. The van der Waals surface area contributed by atoms with Crippen LogP contribution in [0.4, 0.5) is 0 Å². The molecule has 0 aromatic carbocycles. The van der Waals surface area contributed by atoms with E-state index >= 15 is 0 Å². The van der Waals surface area contributed by atoms with Crippen LogP contribution in [0.15, 0.2) is 12.3 Å². The van der Waals surface area contributed by atoms with E-state index in [0.717, 1.165) is 5.69 Å². The molecule has 1 aromatic rings. The minimum atomic E-state index is 0.171. The molecule has 12 heavy (non-hydrogen) atoms. The Morgan fingerprint density at radius 3 is 2.58 bits per heavy atom. The van der Waals surface area contributed by atoms with Gasteiger partial charge < -0.3 is 4.98 Å². The molecule has 2 heteroatoms. The normalized spacial score (nSPS) is 11.2. The predicted octanol–water partition coefficient (Wildman–Crippen LogP) is 2.38. The van der Waals surface area contributed by atoms with Crippen LogP contribution < -0.4 is 0 Å². The average molecular weight is 162 g/mol. The molecule has 0 amide bonds. The predicted molar refractivity (Wildman–Crippen MR) is 48.8 cm³/mol. The van der Waals surface area contributed by atoms with Gasteiger partial charge in [0.2, 0.25) is 0 Å². The maximum absolute atomic E-state index is 8.46. The van der Waals surface area contributed by atoms with E-state index in [1.807, 2.05) is 6.20 Å². The van der Waals surface area contributed by atoms with Crippen LogP contribution in [-0.2, 0) is 11.8 Å². The fourth-order valence-electron chi connectivity index (χ4n) is 1.06. The Morgan fingerprint density at radius 2 is 2.17 bits per heavy atom. The first kappa shape index (κ1) is 8.86. The van der Waals surface area contributed by atoms with Crippen LogP contribution in [0.2, 0.25) is 0 Å². The van der Waals surface area contributed by atoms with Gasteiger partial charge >= 0.3 is 0 Å². The molecule has 64 valence electrons. The van der Waals surface area contributed by atoms with Crippen molar-refractivity contribution in [3.63, 3.8) is 0 Å². The Kier molecular flexibility index (Phi) is 2.23. The molecule has 0 spiro atoms. The highest BCUT2D eigenvalue weighted by atomic mass is 14.7. The van der Waals surface area contributed by atoms with Crippen LogP contribution in [0.25, 0.3) is 0 Å². The van der Waals surface area contributed by atoms with Crippen LogP contribution in [0.5, 0.6) is 0 Å². The first-order valence-corrected chi connectivity index (χ1v) is 4.09. The topological polar surface area (TPSA) is 39.6 Å². The lowest BCUT2D eigenvalue weighted by atomic mass is 9.89. The monoisotopic (exact) mass is 162 g/mol. The number of nitrogens with zero attached hydrogens (tertiary/aromatic N) is 1. The minimum Gasteiger partial charge on any atom is -0.364 e. The number of hydrogen-bond donors (Lipinski definition) is 1. The molecule has 1 rings (SSSR count). The fraction of sp³-hybridized carbons (Fsp3) is 0.500. The molecular weight excluding hydrogens is 148 g/mol. The smallest absolute Gasteiger partial charge is 0.0752 e. The summed E-state index contributed by atoms with van der Waals surface area (Å²) >= 11 is 0. The number of rotatable bonds is 1. The zero-order valence-electron chi connectivity index (χ0n) is 7.81. The lowest BCUT2D eigenvalue weighted by Crippen LogP contribution is -2.09. The van der Waals surface area contributed by atoms with Crippen molar-refractivity contribution in [1.82, 2.24) is 4.98 Å². The second-order valence-corrected chi connectivity index (χ2v) is 4.00. The maximum atomic E-state index is 8.46. The molecule has 0 bridgehead atoms. The molecule has 0 aliphatic heterocycles. The molecule has 0 aliphatic rings. The highest BCUT2D eigenvalue weighted by Crippen LogP contribution is 2.22. The third-order valence-electron chi connectivity index (χ3n) is 1.88. The van der Waals surface area contributed by atoms with Gasteiger partial charge in [0.25, 0.3) is 0 Å². The summed E-state index contributed by atoms with van der Waals surface area (Å²) in [6.07, 6.45) is 2.45. The number of hydrogen-bond acceptors (Lipinski definition) is 1. The lowest BCUT2D eigenvalue weighted by molar-refractivity contribution is 0.591. The van der Waals surface area contributed by atoms with Crippen molar-refractivity contribution >= 4 is 0 Å². The molecule has 0 saturated heterocycles. The fourth-order valence-corrected chi connectivity index (χ4v) is 1.06. The number of nitrogens with one attached hydrogen (secondary N) is 1. The van der Waals surface area contributed by atoms with Crippen molar-refractivity contribution in [1.29, 1.82) is 5.26 Å². The van der Waals surface area contributed by atoms with Gasteiger partial charge in [-0.3, -0.25) is 0 Å². The highest BCUT2D eigenvalue weighted by molar-refractivity contribution is 5.25. The highest BCUT2D eigenvalue weighted by Gasteiger charge is 2.14. The summed E-state index contributed by atoms with van der Waals surface area (Å²) < 4.78 is 0. The van der Waals surface area contributed by atoms with Crippen molar-refractivity contribution in [2.45, 2.75) is 32.6 Å². The Bertz CT molecular complexity index is 296. The van der Waals surface area contributed by atoms with E-state index in [9.17, 15) is 0 Å². The van der Waals surface area contributed by atoms with Gasteiger partial charge in [0.05, 0.1) is 12.5 Å². The summed E-state index contributed by atoms with van der Waals surface area (Å²) in [5.41, 5.74) is 2.43. The number of nitriles is 1. The maximum Gasteiger partial charge on any atom is 0.0752 e. The van der Waals surface area contributed by atoms with Crippen LogP contribution >= 0.6 is 0 Å². The Hall–Kier alpha value is -1.23. The molecule has 2 nitrogen and oxygen atoms in total. The van der Waals surface area contributed by atoms with Gasteiger partial charge in [-0.25, -0.2) is 0 Å². The van der Waals surface area contributed by atoms with Gasteiger partial charge in [0, 0.05) is 11.9 Å². The van der Waals surface area contributed by atoms with Gasteiger partial charge in [-0.2, -0.15) is 5.26 Å². The van der Waals surface area contributed by atoms with Crippen LogP contribution in [-0.4, -0.2) is 4.98 Å². The van der Waals surface area contributed by atoms with Gasteiger partial charge in [-0.15, -0.1) is 0 Å². The second-order valence-electron chi connectivity index (χ2n) is 4.00. The first-order chi connectivity index (χ1) is 5.54. The Labute approximate surface area is 73.2 Å². The van der Waals surface area contributed by atoms with Gasteiger partial charge in [-0.05, 0) is 17.0 Å². The molecule has 0 saturated carbocycles. The summed E-state index contributed by atoms with van der Waals surface area (Å²) in [6, 6.07) is 4.18.